The summed E-state index contributed by atoms with van der Waals surface area (Å²) in [6, 6.07) is 2.26. The summed E-state index contributed by atoms with van der Waals surface area (Å²) in [4.78, 5) is 22.8. The van der Waals surface area contributed by atoms with Crippen LogP contribution in [0.1, 0.15) is 41.6 Å². The van der Waals surface area contributed by atoms with Gasteiger partial charge in [-0.25, -0.2) is 4.79 Å². The van der Waals surface area contributed by atoms with Crippen LogP contribution in [0.3, 0.4) is 0 Å². The maximum atomic E-state index is 12.6. The van der Waals surface area contributed by atoms with Crippen molar-refractivity contribution in [3.63, 3.8) is 0 Å². The summed E-state index contributed by atoms with van der Waals surface area (Å²) in [5.41, 5.74) is -1.73. The molecule has 2 N–H and O–H groups in total. The number of hydrogen-bond acceptors (Lipinski definition) is 2. The lowest BCUT2D eigenvalue weighted by molar-refractivity contribution is -0.137. The first-order chi connectivity index (χ1) is 9.77. The van der Waals surface area contributed by atoms with Crippen molar-refractivity contribution in [2.75, 3.05) is 5.32 Å². The van der Waals surface area contributed by atoms with Gasteiger partial charge < -0.3 is 10.4 Å². The van der Waals surface area contributed by atoms with E-state index in [4.69, 9.17) is 5.11 Å². The number of benzene rings is 1. The Hall–Kier alpha value is -2.05. The van der Waals surface area contributed by atoms with E-state index in [-0.39, 0.29) is 23.9 Å². The number of carbonyl (C=O) groups is 2. The van der Waals surface area contributed by atoms with Gasteiger partial charge >= 0.3 is 12.1 Å². The first kappa shape index (κ1) is 15.3. The first-order valence-corrected chi connectivity index (χ1v) is 6.52. The molecule has 0 heterocycles. The van der Waals surface area contributed by atoms with Gasteiger partial charge in [0.2, 0.25) is 5.91 Å². The summed E-state index contributed by atoms with van der Waals surface area (Å²) >= 11 is 0. The van der Waals surface area contributed by atoms with Gasteiger partial charge in [-0.1, -0.05) is 6.42 Å². The van der Waals surface area contributed by atoms with E-state index >= 15 is 0 Å². The molecule has 7 heteroatoms. The summed E-state index contributed by atoms with van der Waals surface area (Å²) < 4.78 is 37.7. The molecule has 0 atom stereocenters. The predicted molar refractivity (Wildman–Crippen MR) is 69.0 cm³/mol. The molecule has 0 bridgehead atoms. The third-order valence-electron chi connectivity index (χ3n) is 3.55. The number of carboxylic acid groups (broad SMARTS) is 1. The number of nitrogens with one attached hydrogen (secondary N) is 1. The van der Waals surface area contributed by atoms with Gasteiger partial charge in [-0.3, -0.25) is 4.79 Å². The van der Waals surface area contributed by atoms with Crippen molar-refractivity contribution in [2.45, 2.75) is 31.9 Å². The van der Waals surface area contributed by atoms with Gasteiger partial charge in [-0.15, -0.1) is 0 Å². The Morgan fingerprint density at radius 2 is 1.95 bits per heavy atom. The summed E-state index contributed by atoms with van der Waals surface area (Å²) in [5, 5.41) is 11.4. The number of rotatable bonds is 4. The van der Waals surface area contributed by atoms with Crippen LogP contribution in [-0.2, 0) is 11.0 Å². The standard InChI is InChI=1S/C14H14F3NO3/c15-14(16,17)9-4-5-11(10(7-9)13(20)21)18-12(19)6-8-2-1-3-8/h4-5,7-8H,1-3,6H2,(H,18,19)(H,20,21). The molecule has 114 valence electrons. The summed E-state index contributed by atoms with van der Waals surface area (Å²) in [6.45, 7) is 0. The van der Waals surface area contributed by atoms with Gasteiger partial charge in [0, 0.05) is 6.42 Å². The third-order valence-corrected chi connectivity index (χ3v) is 3.55. The van der Waals surface area contributed by atoms with E-state index < -0.39 is 23.3 Å². The van der Waals surface area contributed by atoms with Gasteiger partial charge in [0.05, 0.1) is 16.8 Å². The quantitative estimate of drug-likeness (QED) is 0.894. The number of carboxylic acids is 1. The number of aromatic carboxylic acids is 1. The van der Waals surface area contributed by atoms with Crippen LogP contribution in [0, 0.1) is 5.92 Å². The first-order valence-electron chi connectivity index (χ1n) is 6.52. The molecular formula is C14H14F3NO3. The summed E-state index contributed by atoms with van der Waals surface area (Å²) in [7, 11) is 0. The molecule has 0 saturated heterocycles. The Morgan fingerprint density at radius 3 is 2.43 bits per heavy atom. The van der Waals surface area contributed by atoms with Crippen LogP contribution in [0.25, 0.3) is 0 Å². The average molecular weight is 301 g/mol. The van der Waals surface area contributed by atoms with Crippen LogP contribution < -0.4 is 5.32 Å². The van der Waals surface area contributed by atoms with E-state index in [2.05, 4.69) is 5.32 Å². The molecule has 1 fully saturated rings. The van der Waals surface area contributed by atoms with E-state index in [0.29, 0.717) is 6.07 Å². The lowest BCUT2D eigenvalue weighted by Gasteiger charge is -2.24. The fourth-order valence-electron chi connectivity index (χ4n) is 2.17. The summed E-state index contributed by atoms with van der Waals surface area (Å²) in [6.07, 6.45) is -1.39. The second-order valence-electron chi connectivity index (χ2n) is 5.11. The van der Waals surface area contributed by atoms with Crippen molar-refractivity contribution < 1.29 is 27.9 Å². The minimum Gasteiger partial charge on any atom is -0.478 e. The Kier molecular flexibility index (Phi) is 4.20. The number of anilines is 1. The van der Waals surface area contributed by atoms with Gasteiger partial charge in [-0.05, 0) is 37.0 Å². The van der Waals surface area contributed by atoms with Crippen LogP contribution in [0.2, 0.25) is 0 Å². The molecule has 0 radical (unpaired) electrons. The van der Waals surface area contributed by atoms with E-state index in [1.165, 1.54) is 0 Å². The van der Waals surface area contributed by atoms with Crippen molar-refractivity contribution in [2.24, 2.45) is 5.92 Å². The zero-order valence-corrected chi connectivity index (χ0v) is 11.0. The number of amides is 1. The number of hydrogen-bond donors (Lipinski definition) is 2. The highest BCUT2D eigenvalue weighted by Gasteiger charge is 2.32. The highest BCUT2D eigenvalue weighted by Crippen LogP contribution is 2.33. The molecule has 0 aromatic heterocycles. The maximum Gasteiger partial charge on any atom is 0.416 e. The van der Waals surface area contributed by atoms with Crippen molar-refractivity contribution in [1.82, 2.24) is 0 Å². The molecule has 1 aromatic rings. The van der Waals surface area contributed by atoms with E-state index in [1.54, 1.807) is 0 Å². The lowest BCUT2D eigenvalue weighted by atomic mass is 9.83. The Labute approximate surface area is 119 Å². The molecule has 1 aliphatic carbocycles. The van der Waals surface area contributed by atoms with Crippen LogP contribution in [0.5, 0.6) is 0 Å². The molecule has 0 spiro atoms. The number of halogens is 3. The molecule has 1 saturated carbocycles. The zero-order valence-electron chi connectivity index (χ0n) is 11.0. The van der Waals surface area contributed by atoms with Crippen LogP contribution in [0.4, 0.5) is 18.9 Å². The molecule has 1 aromatic carbocycles. The fourth-order valence-corrected chi connectivity index (χ4v) is 2.17. The normalized spacial score (nSPS) is 15.4. The van der Waals surface area contributed by atoms with E-state index in [9.17, 15) is 22.8 Å². The molecule has 1 aliphatic rings. The highest BCUT2D eigenvalue weighted by molar-refractivity contribution is 6.00. The van der Waals surface area contributed by atoms with Crippen molar-refractivity contribution in [3.8, 4) is 0 Å². The smallest absolute Gasteiger partial charge is 0.416 e. The Morgan fingerprint density at radius 1 is 1.29 bits per heavy atom. The topological polar surface area (TPSA) is 66.4 Å². The zero-order chi connectivity index (χ0) is 15.6. The largest absolute Gasteiger partial charge is 0.478 e. The molecular weight excluding hydrogens is 287 g/mol. The lowest BCUT2D eigenvalue weighted by Crippen LogP contribution is -2.22. The van der Waals surface area contributed by atoms with Gasteiger partial charge in [0.15, 0.2) is 0 Å². The molecule has 21 heavy (non-hydrogen) atoms. The van der Waals surface area contributed by atoms with Crippen molar-refractivity contribution in [1.29, 1.82) is 0 Å². The Balaban J connectivity index is 2.18. The molecule has 0 unspecified atom stereocenters. The molecule has 1 amide bonds. The highest BCUT2D eigenvalue weighted by atomic mass is 19.4. The Bertz CT molecular complexity index is 565. The minimum absolute atomic E-state index is 0.111. The van der Waals surface area contributed by atoms with Gasteiger partial charge in [-0.2, -0.15) is 13.2 Å². The third kappa shape index (κ3) is 3.74. The van der Waals surface area contributed by atoms with Crippen molar-refractivity contribution in [3.05, 3.63) is 29.3 Å². The summed E-state index contributed by atoms with van der Waals surface area (Å²) in [5.74, 6) is -1.60. The SMILES string of the molecule is O=C(CC1CCC1)Nc1ccc(C(F)(F)F)cc1C(=O)O. The van der Waals surface area contributed by atoms with Gasteiger partial charge in [0.1, 0.15) is 0 Å². The number of carbonyl (C=O) groups excluding carboxylic acids is 1. The van der Waals surface area contributed by atoms with Crippen molar-refractivity contribution >= 4 is 17.6 Å². The monoisotopic (exact) mass is 301 g/mol. The average Bonchev–Trinajstić information content (AvgIpc) is 2.32. The van der Waals surface area contributed by atoms with Crippen LogP contribution >= 0.6 is 0 Å². The number of alkyl halides is 3. The van der Waals surface area contributed by atoms with E-state index in [1.807, 2.05) is 0 Å². The second-order valence-corrected chi connectivity index (χ2v) is 5.11. The van der Waals surface area contributed by atoms with Crippen LogP contribution in [0.15, 0.2) is 18.2 Å². The van der Waals surface area contributed by atoms with E-state index in [0.717, 1.165) is 31.4 Å². The molecule has 4 nitrogen and oxygen atoms in total. The van der Waals surface area contributed by atoms with Gasteiger partial charge in [0.25, 0.3) is 0 Å². The minimum atomic E-state index is -4.63. The second kappa shape index (κ2) is 5.75. The van der Waals surface area contributed by atoms with Crippen LogP contribution in [-0.4, -0.2) is 17.0 Å². The fraction of sp³-hybridized carbons (Fsp3) is 0.429. The molecule has 0 aliphatic heterocycles. The predicted octanol–water partition coefficient (Wildman–Crippen LogP) is 3.53. The molecule has 2 rings (SSSR count). The maximum absolute atomic E-state index is 12.6.